The molecule has 2 aromatic rings. The molecular formula is C12H11ClN6O2. The van der Waals surface area contributed by atoms with E-state index >= 15 is 0 Å². The molecule has 21 heavy (non-hydrogen) atoms. The SMILES string of the molecule is C/C(=N\Nc1ncnc(N)c1[N+](=O)[O-])c1ccc(Cl)cc1. The molecule has 0 aliphatic carbocycles. The molecule has 0 atom stereocenters. The molecule has 8 nitrogen and oxygen atoms in total. The first-order chi connectivity index (χ1) is 9.99. The Balaban J connectivity index is 2.27. The minimum atomic E-state index is -0.662. The number of anilines is 2. The van der Waals surface area contributed by atoms with Gasteiger partial charge in [0.05, 0.1) is 10.6 Å². The highest BCUT2D eigenvalue weighted by Gasteiger charge is 2.20. The Labute approximate surface area is 124 Å². The lowest BCUT2D eigenvalue weighted by molar-refractivity contribution is -0.383. The summed E-state index contributed by atoms with van der Waals surface area (Å²) in [5.41, 5.74) is 9.00. The molecule has 0 aliphatic heterocycles. The van der Waals surface area contributed by atoms with Crippen LogP contribution in [0.3, 0.4) is 0 Å². The molecule has 1 aromatic heterocycles. The average molecular weight is 307 g/mol. The molecule has 108 valence electrons. The van der Waals surface area contributed by atoms with E-state index in [-0.39, 0.29) is 11.6 Å². The van der Waals surface area contributed by atoms with Gasteiger partial charge in [-0.15, -0.1) is 0 Å². The molecule has 1 aromatic carbocycles. The molecule has 0 unspecified atom stereocenters. The van der Waals surface area contributed by atoms with Gasteiger partial charge in [-0.2, -0.15) is 5.10 Å². The molecule has 0 saturated carbocycles. The zero-order chi connectivity index (χ0) is 15.4. The highest BCUT2D eigenvalue weighted by Crippen LogP contribution is 2.26. The molecule has 0 spiro atoms. The zero-order valence-electron chi connectivity index (χ0n) is 10.9. The number of nitro groups is 1. The fraction of sp³-hybridized carbons (Fsp3) is 0.0833. The van der Waals surface area contributed by atoms with Crippen molar-refractivity contribution in [3.05, 3.63) is 51.3 Å². The summed E-state index contributed by atoms with van der Waals surface area (Å²) in [5.74, 6) is -0.294. The Morgan fingerprint density at radius 3 is 2.67 bits per heavy atom. The maximum absolute atomic E-state index is 10.9. The maximum Gasteiger partial charge on any atom is 0.354 e. The van der Waals surface area contributed by atoms with Crippen molar-refractivity contribution in [2.24, 2.45) is 5.10 Å². The standard InChI is InChI=1S/C12H11ClN6O2/c1-7(8-2-4-9(13)5-3-8)17-18-12-10(19(20)21)11(14)15-6-16-12/h2-6H,1H3,(H3,14,15,16,18)/b17-7+. The third-order valence-corrected chi connectivity index (χ3v) is 2.88. The Kier molecular flexibility index (Phi) is 4.29. The molecule has 1 heterocycles. The number of nitrogens with zero attached hydrogens (tertiary/aromatic N) is 4. The van der Waals surface area contributed by atoms with Crippen LogP contribution in [0.15, 0.2) is 35.7 Å². The van der Waals surface area contributed by atoms with Crippen LogP contribution in [0.5, 0.6) is 0 Å². The van der Waals surface area contributed by atoms with Gasteiger partial charge < -0.3 is 5.73 Å². The molecule has 2 rings (SSSR count). The molecule has 0 saturated heterocycles. The predicted octanol–water partition coefficient (Wildman–Crippen LogP) is 2.46. The summed E-state index contributed by atoms with van der Waals surface area (Å²) in [7, 11) is 0. The Hall–Kier alpha value is -2.74. The molecular weight excluding hydrogens is 296 g/mol. The van der Waals surface area contributed by atoms with Gasteiger partial charge in [-0.3, -0.25) is 15.5 Å². The number of hydrazone groups is 1. The summed E-state index contributed by atoms with van der Waals surface area (Å²) in [5, 5.41) is 15.6. The molecule has 0 bridgehead atoms. The van der Waals surface area contributed by atoms with Gasteiger partial charge in [0, 0.05) is 5.02 Å². The Morgan fingerprint density at radius 2 is 2.05 bits per heavy atom. The Morgan fingerprint density at radius 1 is 1.38 bits per heavy atom. The first kappa shape index (κ1) is 14.7. The number of aromatic nitrogens is 2. The van der Waals surface area contributed by atoms with Crippen molar-refractivity contribution in [1.29, 1.82) is 0 Å². The number of hydrogen-bond acceptors (Lipinski definition) is 7. The maximum atomic E-state index is 10.9. The lowest BCUT2D eigenvalue weighted by atomic mass is 10.1. The summed E-state index contributed by atoms with van der Waals surface area (Å²) in [6.07, 6.45) is 1.12. The second-order valence-electron chi connectivity index (χ2n) is 4.03. The lowest BCUT2D eigenvalue weighted by Crippen LogP contribution is -2.06. The topological polar surface area (TPSA) is 119 Å². The van der Waals surface area contributed by atoms with Crippen LogP contribution >= 0.6 is 11.6 Å². The van der Waals surface area contributed by atoms with Crippen LogP contribution in [-0.2, 0) is 0 Å². The number of nitrogen functional groups attached to an aromatic ring is 1. The van der Waals surface area contributed by atoms with Gasteiger partial charge in [-0.1, -0.05) is 23.7 Å². The molecule has 9 heteroatoms. The van der Waals surface area contributed by atoms with Crippen molar-refractivity contribution < 1.29 is 4.92 Å². The van der Waals surface area contributed by atoms with Crippen molar-refractivity contribution in [3.63, 3.8) is 0 Å². The number of nitrogens with two attached hydrogens (primary N) is 1. The summed E-state index contributed by atoms with van der Waals surface area (Å²) < 4.78 is 0. The molecule has 0 fully saturated rings. The van der Waals surface area contributed by atoms with Gasteiger partial charge in [-0.25, -0.2) is 9.97 Å². The minimum absolute atomic E-state index is 0.0687. The quantitative estimate of drug-likeness (QED) is 0.508. The zero-order valence-corrected chi connectivity index (χ0v) is 11.7. The first-order valence-electron chi connectivity index (χ1n) is 5.80. The fourth-order valence-corrected chi connectivity index (χ4v) is 1.67. The average Bonchev–Trinajstić information content (AvgIpc) is 2.45. The van der Waals surface area contributed by atoms with Crippen molar-refractivity contribution in [2.75, 3.05) is 11.2 Å². The van der Waals surface area contributed by atoms with E-state index in [0.717, 1.165) is 11.9 Å². The van der Waals surface area contributed by atoms with Crippen LogP contribution in [0.1, 0.15) is 12.5 Å². The number of nitrogens with one attached hydrogen (secondary N) is 1. The molecule has 0 aliphatic rings. The number of halogens is 1. The smallest absolute Gasteiger partial charge is 0.354 e. The van der Waals surface area contributed by atoms with E-state index in [2.05, 4.69) is 20.5 Å². The summed E-state index contributed by atoms with van der Waals surface area (Å²) >= 11 is 5.80. The van der Waals surface area contributed by atoms with Crippen LogP contribution < -0.4 is 11.2 Å². The van der Waals surface area contributed by atoms with Gasteiger partial charge in [0.25, 0.3) is 0 Å². The normalized spacial score (nSPS) is 11.2. The summed E-state index contributed by atoms with van der Waals surface area (Å²) in [6.45, 7) is 1.74. The van der Waals surface area contributed by atoms with Gasteiger partial charge >= 0.3 is 5.69 Å². The largest absolute Gasteiger partial charge is 0.378 e. The third kappa shape index (κ3) is 3.42. The van der Waals surface area contributed by atoms with Crippen LogP contribution in [0.2, 0.25) is 5.02 Å². The summed E-state index contributed by atoms with van der Waals surface area (Å²) in [4.78, 5) is 17.6. The van der Waals surface area contributed by atoms with E-state index in [9.17, 15) is 10.1 Å². The van der Waals surface area contributed by atoms with Gasteiger partial charge in [-0.05, 0) is 24.6 Å². The number of benzene rings is 1. The van der Waals surface area contributed by atoms with Crippen LogP contribution in [0.25, 0.3) is 0 Å². The van der Waals surface area contributed by atoms with Gasteiger partial charge in [0.15, 0.2) is 0 Å². The second kappa shape index (κ2) is 6.14. The lowest BCUT2D eigenvalue weighted by Gasteiger charge is -2.04. The van der Waals surface area contributed by atoms with Crippen molar-refractivity contribution >= 4 is 34.6 Å². The second-order valence-corrected chi connectivity index (χ2v) is 4.47. The molecule has 0 amide bonds. The van der Waals surface area contributed by atoms with E-state index in [4.69, 9.17) is 17.3 Å². The van der Waals surface area contributed by atoms with E-state index < -0.39 is 10.6 Å². The van der Waals surface area contributed by atoms with E-state index in [1.165, 1.54) is 0 Å². The van der Waals surface area contributed by atoms with Crippen molar-refractivity contribution in [3.8, 4) is 0 Å². The molecule has 0 radical (unpaired) electrons. The van der Waals surface area contributed by atoms with Crippen LogP contribution in [-0.4, -0.2) is 20.6 Å². The van der Waals surface area contributed by atoms with E-state index in [1.807, 2.05) is 0 Å². The monoisotopic (exact) mass is 306 g/mol. The van der Waals surface area contributed by atoms with Crippen molar-refractivity contribution in [2.45, 2.75) is 6.92 Å². The van der Waals surface area contributed by atoms with E-state index in [0.29, 0.717) is 10.7 Å². The van der Waals surface area contributed by atoms with Crippen LogP contribution in [0.4, 0.5) is 17.3 Å². The highest BCUT2D eigenvalue weighted by molar-refractivity contribution is 6.30. The predicted molar refractivity (Wildman–Crippen MR) is 80.4 cm³/mol. The van der Waals surface area contributed by atoms with Crippen LogP contribution in [0, 0.1) is 10.1 Å². The molecule has 3 N–H and O–H groups in total. The number of hydrogen-bond donors (Lipinski definition) is 2. The van der Waals surface area contributed by atoms with Crippen molar-refractivity contribution in [1.82, 2.24) is 9.97 Å². The highest BCUT2D eigenvalue weighted by atomic mass is 35.5. The summed E-state index contributed by atoms with van der Waals surface area (Å²) in [6, 6.07) is 7.01. The number of rotatable bonds is 4. The van der Waals surface area contributed by atoms with Gasteiger partial charge in [0.2, 0.25) is 11.6 Å². The van der Waals surface area contributed by atoms with Gasteiger partial charge in [0.1, 0.15) is 6.33 Å². The minimum Gasteiger partial charge on any atom is -0.378 e. The Bertz CT molecular complexity index is 701. The first-order valence-corrected chi connectivity index (χ1v) is 6.18. The fourth-order valence-electron chi connectivity index (χ4n) is 1.55. The third-order valence-electron chi connectivity index (χ3n) is 2.62. The van der Waals surface area contributed by atoms with E-state index in [1.54, 1.807) is 31.2 Å².